The van der Waals surface area contributed by atoms with Crippen molar-refractivity contribution in [3.8, 4) is 5.75 Å². The first kappa shape index (κ1) is 17.0. The average molecular weight is 365 g/mol. The number of carbonyl (C=O) groups excluding carboxylic acids is 1. The molecule has 2 N–H and O–H groups in total. The fourth-order valence-electron chi connectivity index (χ4n) is 3.41. The monoisotopic (exact) mass is 365 g/mol. The maximum Gasteiger partial charge on any atom is 0.289 e. The minimum atomic E-state index is -0.514. The molecule has 0 aliphatic carbocycles. The minimum Gasteiger partial charge on any atom is -0.508 e. The van der Waals surface area contributed by atoms with Crippen molar-refractivity contribution >= 4 is 11.5 Å². The summed E-state index contributed by atoms with van der Waals surface area (Å²) in [6.07, 6.45) is 7.56. The van der Waals surface area contributed by atoms with Gasteiger partial charge in [-0.1, -0.05) is 12.1 Å². The Morgan fingerprint density at radius 1 is 1.11 bits per heavy atom. The lowest BCUT2D eigenvalue weighted by Gasteiger charge is -2.25. The van der Waals surface area contributed by atoms with Gasteiger partial charge in [0.25, 0.3) is 5.91 Å². The predicted molar refractivity (Wildman–Crippen MR) is 97.7 cm³/mol. The third-order valence-electron chi connectivity index (χ3n) is 4.67. The molecule has 1 amide bonds. The molecule has 0 spiro atoms. The number of aryl methyl sites for hydroxylation is 1. The lowest BCUT2D eigenvalue weighted by Crippen LogP contribution is -2.31. The smallest absolute Gasteiger partial charge is 0.289 e. The number of furan rings is 1. The maximum atomic E-state index is 12.8. The lowest BCUT2D eigenvalue weighted by molar-refractivity contribution is -0.129. The molecule has 0 radical (unpaired) electrons. The summed E-state index contributed by atoms with van der Waals surface area (Å²) in [4.78, 5) is 18.4. The molecule has 1 aliphatic heterocycles. The highest BCUT2D eigenvalue weighted by Crippen LogP contribution is 2.43. The van der Waals surface area contributed by atoms with Crippen LogP contribution in [0.4, 0.5) is 0 Å². The first-order chi connectivity index (χ1) is 13.1. The number of aromatic nitrogens is 2. The van der Waals surface area contributed by atoms with Gasteiger partial charge in [0.05, 0.1) is 12.6 Å². The molecule has 0 fully saturated rings. The normalized spacial score (nSPS) is 17.1. The van der Waals surface area contributed by atoms with Crippen molar-refractivity contribution in [1.82, 2.24) is 14.5 Å². The Hall–Kier alpha value is -3.48. The van der Waals surface area contributed by atoms with Crippen molar-refractivity contribution in [3.63, 3.8) is 0 Å². The molecule has 3 aromatic rings. The Morgan fingerprint density at radius 3 is 2.59 bits per heavy atom. The van der Waals surface area contributed by atoms with E-state index in [1.165, 1.54) is 12.1 Å². The number of phenolic OH excluding ortho intramolecular Hbond substituents is 1. The molecule has 7 heteroatoms. The van der Waals surface area contributed by atoms with Crippen LogP contribution in [-0.2, 0) is 11.3 Å². The Balaban J connectivity index is 1.63. The van der Waals surface area contributed by atoms with E-state index in [1.807, 2.05) is 10.8 Å². The van der Waals surface area contributed by atoms with E-state index in [0.29, 0.717) is 36.4 Å². The molecule has 1 aliphatic rings. The number of rotatable bonds is 6. The van der Waals surface area contributed by atoms with Gasteiger partial charge in [0, 0.05) is 31.1 Å². The predicted octanol–water partition coefficient (Wildman–Crippen LogP) is 3.12. The molecule has 0 bridgehead atoms. The fourth-order valence-corrected chi connectivity index (χ4v) is 3.41. The molecule has 138 valence electrons. The summed E-state index contributed by atoms with van der Waals surface area (Å²) in [7, 11) is 0. The molecule has 1 aromatic carbocycles. The summed E-state index contributed by atoms with van der Waals surface area (Å²) >= 11 is 0. The second-order valence-electron chi connectivity index (χ2n) is 6.38. The maximum absolute atomic E-state index is 12.8. The summed E-state index contributed by atoms with van der Waals surface area (Å²) < 4.78 is 7.51. The number of aliphatic hydroxyl groups is 1. The second kappa shape index (κ2) is 7.03. The van der Waals surface area contributed by atoms with Crippen molar-refractivity contribution < 1.29 is 19.4 Å². The average Bonchev–Trinajstić information content (AvgIpc) is 3.41. The Morgan fingerprint density at radius 2 is 1.93 bits per heavy atom. The number of amides is 1. The van der Waals surface area contributed by atoms with Crippen molar-refractivity contribution in [2.45, 2.75) is 19.0 Å². The van der Waals surface area contributed by atoms with E-state index in [4.69, 9.17) is 4.42 Å². The van der Waals surface area contributed by atoms with Crippen LogP contribution in [0.2, 0.25) is 0 Å². The number of benzene rings is 1. The number of carbonyl (C=O) groups is 1. The van der Waals surface area contributed by atoms with E-state index in [-0.39, 0.29) is 11.5 Å². The number of nitrogens with zero attached hydrogens (tertiary/aromatic N) is 3. The highest BCUT2D eigenvalue weighted by Gasteiger charge is 2.42. The Labute approximate surface area is 155 Å². The van der Waals surface area contributed by atoms with Gasteiger partial charge in [-0.25, -0.2) is 4.98 Å². The summed E-state index contributed by atoms with van der Waals surface area (Å²) in [5, 5.41) is 20.1. The van der Waals surface area contributed by atoms with Crippen molar-refractivity contribution in [2.75, 3.05) is 6.54 Å². The third kappa shape index (κ3) is 3.19. The van der Waals surface area contributed by atoms with Crippen LogP contribution in [0.5, 0.6) is 5.75 Å². The largest absolute Gasteiger partial charge is 0.508 e. The molecule has 0 saturated heterocycles. The van der Waals surface area contributed by atoms with Gasteiger partial charge in [-0.2, -0.15) is 0 Å². The molecular formula is C20H19N3O4. The fraction of sp³-hybridized carbons (Fsp3) is 0.200. The molecule has 1 unspecified atom stereocenters. The van der Waals surface area contributed by atoms with E-state index in [9.17, 15) is 15.0 Å². The standard InChI is InChI=1S/C20H19N3O4/c24-15-6-4-14(5-7-15)17-18(16-3-1-12-27-16)23(20(26)19(17)25)10-2-9-22-11-8-21-13-22/h1,3-8,11-13,18,24-25H,2,9-10H2. The van der Waals surface area contributed by atoms with Crippen LogP contribution in [0.25, 0.3) is 5.57 Å². The van der Waals surface area contributed by atoms with Gasteiger partial charge in [-0.05, 0) is 36.2 Å². The molecule has 0 saturated carbocycles. The summed E-state index contributed by atoms with van der Waals surface area (Å²) in [6, 6.07) is 9.45. The van der Waals surface area contributed by atoms with Gasteiger partial charge in [0.2, 0.25) is 0 Å². The summed E-state index contributed by atoms with van der Waals surface area (Å²) in [5.74, 6) is -0.0113. The number of hydrogen-bond acceptors (Lipinski definition) is 5. The summed E-state index contributed by atoms with van der Waals surface area (Å²) in [6.45, 7) is 1.16. The zero-order valence-corrected chi connectivity index (χ0v) is 14.5. The highest BCUT2D eigenvalue weighted by atomic mass is 16.3. The van der Waals surface area contributed by atoms with Gasteiger partial charge in [0.15, 0.2) is 5.76 Å². The van der Waals surface area contributed by atoms with Gasteiger partial charge in [-0.3, -0.25) is 4.79 Å². The van der Waals surface area contributed by atoms with Crippen molar-refractivity contribution in [3.05, 3.63) is 78.5 Å². The number of aliphatic hydroxyl groups excluding tert-OH is 1. The molecule has 4 rings (SSSR count). The Bertz CT molecular complexity index is 944. The van der Waals surface area contributed by atoms with Gasteiger partial charge < -0.3 is 24.1 Å². The van der Waals surface area contributed by atoms with Crippen LogP contribution in [0.3, 0.4) is 0 Å². The Kier molecular flexibility index (Phi) is 4.42. The number of phenols is 1. The van der Waals surface area contributed by atoms with E-state index in [2.05, 4.69) is 4.98 Å². The zero-order chi connectivity index (χ0) is 18.8. The lowest BCUT2D eigenvalue weighted by atomic mass is 9.97. The number of imidazole rings is 1. The van der Waals surface area contributed by atoms with E-state index >= 15 is 0 Å². The zero-order valence-electron chi connectivity index (χ0n) is 14.5. The van der Waals surface area contributed by atoms with E-state index in [1.54, 1.807) is 48.0 Å². The quantitative estimate of drug-likeness (QED) is 0.700. The van der Waals surface area contributed by atoms with Crippen LogP contribution in [0, 0.1) is 0 Å². The topological polar surface area (TPSA) is 91.7 Å². The SMILES string of the molecule is O=C1C(O)=C(c2ccc(O)cc2)C(c2ccco2)N1CCCn1ccnc1. The van der Waals surface area contributed by atoms with Crippen LogP contribution < -0.4 is 0 Å². The van der Waals surface area contributed by atoms with Crippen LogP contribution in [0.1, 0.15) is 23.8 Å². The first-order valence-electron chi connectivity index (χ1n) is 8.68. The molecule has 7 nitrogen and oxygen atoms in total. The minimum absolute atomic E-state index is 0.120. The first-order valence-corrected chi connectivity index (χ1v) is 8.68. The second-order valence-corrected chi connectivity index (χ2v) is 6.38. The molecular weight excluding hydrogens is 346 g/mol. The van der Waals surface area contributed by atoms with Crippen LogP contribution in [0.15, 0.2) is 71.6 Å². The summed E-state index contributed by atoms with van der Waals surface area (Å²) in [5.41, 5.74) is 1.15. The van der Waals surface area contributed by atoms with Crippen molar-refractivity contribution in [1.29, 1.82) is 0 Å². The van der Waals surface area contributed by atoms with Crippen LogP contribution >= 0.6 is 0 Å². The van der Waals surface area contributed by atoms with Gasteiger partial charge >= 0.3 is 0 Å². The van der Waals surface area contributed by atoms with Crippen molar-refractivity contribution in [2.24, 2.45) is 0 Å². The van der Waals surface area contributed by atoms with Gasteiger partial charge in [0.1, 0.15) is 17.6 Å². The van der Waals surface area contributed by atoms with E-state index in [0.717, 1.165) is 0 Å². The highest BCUT2D eigenvalue weighted by molar-refractivity contribution is 6.05. The van der Waals surface area contributed by atoms with Crippen LogP contribution in [-0.4, -0.2) is 37.1 Å². The number of hydrogen-bond donors (Lipinski definition) is 2. The number of aromatic hydroxyl groups is 1. The van der Waals surface area contributed by atoms with E-state index < -0.39 is 11.9 Å². The van der Waals surface area contributed by atoms with Gasteiger partial charge in [-0.15, -0.1) is 0 Å². The molecule has 3 heterocycles. The molecule has 1 atom stereocenters. The third-order valence-corrected chi connectivity index (χ3v) is 4.67. The molecule has 2 aromatic heterocycles. The molecule has 27 heavy (non-hydrogen) atoms.